The van der Waals surface area contributed by atoms with Crippen LogP contribution in [0.25, 0.3) is 0 Å². The second-order valence-electron chi connectivity index (χ2n) is 5.87. The lowest BCUT2D eigenvalue weighted by atomic mass is 9.87. The highest BCUT2D eigenvalue weighted by Gasteiger charge is 2.17. The lowest BCUT2D eigenvalue weighted by molar-refractivity contribution is 0.301. The molecule has 1 fully saturated rings. The number of benzene rings is 1. The molecule has 2 atom stereocenters. The molecule has 0 aromatic heterocycles. The van der Waals surface area contributed by atoms with Crippen molar-refractivity contribution in [3.05, 3.63) is 35.9 Å². The second kappa shape index (κ2) is 7.58. The van der Waals surface area contributed by atoms with Crippen LogP contribution < -0.4 is 5.32 Å². The Balaban J connectivity index is 1.53. The number of hydrogen-bond donors (Lipinski definition) is 1. The van der Waals surface area contributed by atoms with Crippen LogP contribution in [-0.2, 0) is 6.42 Å². The highest BCUT2D eigenvalue weighted by Crippen LogP contribution is 2.23. The molecule has 1 nitrogen and oxygen atoms in total. The van der Waals surface area contributed by atoms with E-state index >= 15 is 0 Å². The van der Waals surface area contributed by atoms with Crippen molar-refractivity contribution in [2.24, 2.45) is 5.92 Å². The molecule has 1 saturated carbocycles. The molecule has 1 aromatic rings. The molecule has 0 bridgehead atoms. The largest absolute Gasteiger partial charge is 0.314 e. The highest BCUT2D eigenvalue weighted by atomic mass is 14.9. The molecular weight excluding hydrogens is 218 g/mol. The third-order valence-corrected chi connectivity index (χ3v) is 4.10. The Morgan fingerprint density at radius 3 is 2.72 bits per heavy atom. The summed E-state index contributed by atoms with van der Waals surface area (Å²) in [5, 5.41) is 3.74. The first-order chi connectivity index (χ1) is 8.84. The molecule has 1 heteroatoms. The summed E-state index contributed by atoms with van der Waals surface area (Å²) < 4.78 is 0. The number of unbranched alkanes of at least 4 members (excludes halogenated alkanes) is 1. The molecule has 0 aliphatic heterocycles. The fourth-order valence-corrected chi connectivity index (χ4v) is 3.02. The number of aryl methyl sites for hydroxylation is 1. The molecule has 100 valence electrons. The summed E-state index contributed by atoms with van der Waals surface area (Å²) in [4.78, 5) is 0. The van der Waals surface area contributed by atoms with Crippen LogP contribution in [-0.4, -0.2) is 12.6 Å². The van der Waals surface area contributed by atoms with E-state index < -0.39 is 0 Å². The first-order valence-electron chi connectivity index (χ1n) is 7.62. The van der Waals surface area contributed by atoms with Gasteiger partial charge in [-0.3, -0.25) is 0 Å². The molecule has 0 spiro atoms. The van der Waals surface area contributed by atoms with Gasteiger partial charge in [-0.15, -0.1) is 0 Å². The maximum Gasteiger partial charge on any atom is 0.00696 e. The van der Waals surface area contributed by atoms with Crippen LogP contribution in [0.3, 0.4) is 0 Å². The van der Waals surface area contributed by atoms with Crippen LogP contribution in [0, 0.1) is 5.92 Å². The third-order valence-electron chi connectivity index (χ3n) is 4.10. The van der Waals surface area contributed by atoms with Crippen LogP contribution in [0.15, 0.2) is 30.3 Å². The van der Waals surface area contributed by atoms with Gasteiger partial charge in [-0.05, 0) is 50.1 Å². The maximum absolute atomic E-state index is 3.74. The van der Waals surface area contributed by atoms with Gasteiger partial charge < -0.3 is 5.32 Å². The summed E-state index contributed by atoms with van der Waals surface area (Å²) in [7, 11) is 0. The number of hydrogen-bond acceptors (Lipinski definition) is 1. The van der Waals surface area contributed by atoms with E-state index in [2.05, 4.69) is 42.6 Å². The molecule has 0 amide bonds. The van der Waals surface area contributed by atoms with Crippen LogP contribution in [0.1, 0.15) is 51.0 Å². The Bertz CT molecular complexity index is 320. The molecular formula is C17H27N. The van der Waals surface area contributed by atoms with Gasteiger partial charge in [0.05, 0.1) is 0 Å². The second-order valence-corrected chi connectivity index (χ2v) is 5.87. The average molecular weight is 245 g/mol. The van der Waals surface area contributed by atoms with Gasteiger partial charge in [-0.1, -0.05) is 50.1 Å². The fourth-order valence-electron chi connectivity index (χ4n) is 3.02. The van der Waals surface area contributed by atoms with Gasteiger partial charge in [0.2, 0.25) is 0 Å². The maximum atomic E-state index is 3.74. The smallest absolute Gasteiger partial charge is 0.00696 e. The van der Waals surface area contributed by atoms with Crippen molar-refractivity contribution >= 4 is 0 Å². The summed E-state index contributed by atoms with van der Waals surface area (Å²) >= 11 is 0. The van der Waals surface area contributed by atoms with Gasteiger partial charge in [0.25, 0.3) is 0 Å². The normalized spacial score (nSPS) is 24.1. The third kappa shape index (κ3) is 4.81. The van der Waals surface area contributed by atoms with E-state index in [1.165, 1.54) is 57.1 Å². The molecule has 0 heterocycles. The topological polar surface area (TPSA) is 12.0 Å². The quantitative estimate of drug-likeness (QED) is 0.741. The number of nitrogens with one attached hydrogen (secondary N) is 1. The van der Waals surface area contributed by atoms with Crippen LogP contribution in [0.4, 0.5) is 0 Å². The minimum absolute atomic E-state index is 0.797. The Labute approximate surface area is 112 Å². The first-order valence-corrected chi connectivity index (χ1v) is 7.62. The van der Waals surface area contributed by atoms with E-state index in [0.717, 1.165) is 12.0 Å². The van der Waals surface area contributed by atoms with Crippen LogP contribution in [0.5, 0.6) is 0 Å². The Morgan fingerprint density at radius 2 is 1.94 bits per heavy atom. The number of rotatable bonds is 6. The minimum Gasteiger partial charge on any atom is -0.314 e. The van der Waals surface area contributed by atoms with Crippen LogP contribution in [0.2, 0.25) is 0 Å². The van der Waals surface area contributed by atoms with Gasteiger partial charge in [0.1, 0.15) is 0 Å². The average Bonchev–Trinajstić information content (AvgIpc) is 2.40. The van der Waals surface area contributed by atoms with Crippen molar-refractivity contribution in [2.45, 2.75) is 57.9 Å². The molecule has 1 aliphatic rings. The summed E-state index contributed by atoms with van der Waals surface area (Å²) in [5.74, 6) is 0.931. The fraction of sp³-hybridized carbons (Fsp3) is 0.647. The Morgan fingerprint density at radius 1 is 1.11 bits per heavy atom. The van der Waals surface area contributed by atoms with Crippen molar-refractivity contribution in [2.75, 3.05) is 6.54 Å². The zero-order chi connectivity index (χ0) is 12.6. The zero-order valence-corrected chi connectivity index (χ0v) is 11.7. The monoisotopic (exact) mass is 245 g/mol. The van der Waals surface area contributed by atoms with E-state index in [4.69, 9.17) is 0 Å². The molecule has 1 aliphatic carbocycles. The van der Waals surface area contributed by atoms with E-state index in [1.807, 2.05) is 0 Å². The Kier molecular flexibility index (Phi) is 5.73. The van der Waals surface area contributed by atoms with Crippen molar-refractivity contribution in [3.8, 4) is 0 Å². The van der Waals surface area contributed by atoms with Gasteiger partial charge >= 0.3 is 0 Å². The Hall–Kier alpha value is -0.820. The summed E-state index contributed by atoms with van der Waals surface area (Å²) in [5.41, 5.74) is 1.48. The van der Waals surface area contributed by atoms with Crippen molar-refractivity contribution in [3.63, 3.8) is 0 Å². The van der Waals surface area contributed by atoms with E-state index in [0.29, 0.717) is 0 Å². The van der Waals surface area contributed by atoms with Gasteiger partial charge in [0.15, 0.2) is 0 Å². The standard InChI is InChI=1S/C17H27N/c1-15-8-7-12-17(14-15)18-13-6-5-11-16-9-3-2-4-10-16/h2-4,9-10,15,17-18H,5-8,11-14H2,1H3. The molecule has 1 aromatic carbocycles. The van der Waals surface area contributed by atoms with E-state index in [-0.39, 0.29) is 0 Å². The van der Waals surface area contributed by atoms with Gasteiger partial charge in [0, 0.05) is 6.04 Å². The van der Waals surface area contributed by atoms with Crippen molar-refractivity contribution in [1.82, 2.24) is 5.32 Å². The molecule has 18 heavy (non-hydrogen) atoms. The molecule has 0 saturated heterocycles. The van der Waals surface area contributed by atoms with E-state index in [1.54, 1.807) is 0 Å². The lowest BCUT2D eigenvalue weighted by Crippen LogP contribution is -2.34. The molecule has 2 unspecified atom stereocenters. The van der Waals surface area contributed by atoms with Crippen LogP contribution >= 0.6 is 0 Å². The lowest BCUT2D eigenvalue weighted by Gasteiger charge is -2.27. The molecule has 0 radical (unpaired) electrons. The summed E-state index contributed by atoms with van der Waals surface area (Å²) in [6, 6.07) is 11.6. The summed E-state index contributed by atoms with van der Waals surface area (Å²) in [6.07, 6.45) is 9.47. The molecule has 1 N–H and O–H groups in total. The zero-order valence-electron chi connectivity index (χ0n) is 11.7. The van der Waals surface area contributed by atoms with Crippen molar-refractivity contribution < 1.29 is 0 Å². The van der Waals surface area contributed by atoms with Gasteiger partial charge in [-0.25, -0.2) is 0 Å². The SMILES string of the molecule is CC1CCCC(NCCCCc2ccccc2)C1. The summed E-state index contributed by atoms with van der Waals surface area (Å²) in [6.45, 7) is 3.59. The highest BCUT2D eigenvalue weighted by molar-refractivity contribution is 5.14. The minimum atomic E-state index is 0.797. The van der Waals surface area contributed by atoms with Gasteiger partial charge in [-0.2, -0.15) is 0 Å². The molecule has 2 rings (SSSR count). The first kappa shape index (κ1) is 13.6. The van der Waals surface area contributed by atoms with Crippen molar-refractivity contribution in [1.29, 1.82) is 0 Å². The van der Waals surface area contributed by atoms with E-state index in [9.17, 15) is 0 Å². The predicted molar refractivity (Wildman–Crippen MR) is 78.8 cm³/mol. The predicted octanol–water partition coefficient (Wildman–Crippen LogP) is 4.18.